The normalized spacial score (nSPS) is 11.5. The molecule has 1 unspecified atom stereocenters. The Hall–Kier alpha value is -2.40. The van der Waals surface area contributed by atoms with Gasteiger partial charge >= 0.3 is 0 Å². The van der Waals surface area contributed by atoms with Gasteiger partial charge in [-0.05, 0) is 42.7 Å². The van der Waals surface area contributed by atoms with Gasteiger partial charge in [-0.25, -0.2) is 0 Å². The van der Waals surface area contributed by atoms with Crippen molar-refractivity contribution in [2.75, 3.05) is 20.8 Å². The van der Waals surface area contributed by atoms with Gasteiger partial charge in [-0.2, -0.15) is 0 Å². The van der Waals surface area contributed by atoms with E-state index in [1.807, 2.05) is 37.3 Å². The first kappa shape index (κ1) is 19.9. The Balaban J connectivity index is 1.90. The number of hydrogen-bond donors (Lipinski definition) is 1. The van der Waals surface area contributed by atoms with E-state index in [1.54, 1.807) is 26.4 Å². The molecular formula is C20H24ClNO4. The summed E-state index contributed by atoms with van der Waals surface area (Å²) >= 11 is 6.09. The van der Waals surface area contributed by atoms with Gasteiger partial charge < -0.3 is 19.5 Å². The van der Waals surface area contributed by atoms with Crippen molar-refractivity contribution in [3.63, 3.8) is 0 Å². The average molecular weight is 378 g/mol. The van der Waals surface area contributed by atoms with E-state index < -0.39 is 6.10 Å². The highest BCUT2D eigenvalue weighted by molar-refractivity contribution is 6.32. The molecule has 1 atom stereocenters. The molecule has 0 saturated carbocycles. The Labute approximate surface area is 159 Å². The Morgan fingerprint density at radius 3 is 2.46 bits per heavy atom. The summed E-state index contributed by atoms with van der Waals surface area (Å²) in [5.41, 5.74) is 1.04. The lowest BCUT2D eigenvalue weighted by atomic mass is 10.1. The predicted molar refractivity (Wildman–Crippen MR) is 102 cm³/mol. The Morgan fingerprint density at radius 2 is 1.81 bits per heavy atom. The molecule has 2 rings (SSSR count). The maximum atomic E-state index is 12.4. The molecule has 0 radical (unpaired) electrons. The summed E-state index contributed by atoms with van der Waals surface area (Å²) in [7, 11) is 3.20. The third kappa shape index (κ3) is 5.30. The van der Waals surface area contributed by atoms with Crippen molar-refractivity contribution < 1.29 is 19.0 Å². The fourth-order valence-electron chi connectivity index (χ4n) is 2.50. The van der Waals surface area contributed by atoms with E-state index in [2.05, 4.69) is 5.32 Å². The van der Waals surface area contributed by atoms with E-state index in [0.29, 0.717) is 41.7 Å². The number of rotatable bonds is 9. The van der Waals surface area contributed by atoms with E-state index in [4.69, 9.17) is 25.8 Å². The topological polar surface area (TPSA) is 56.8 Å². The van der Waals surface area contributed by atoms with Crippen molar-refractivity contribution in [3.8, 4) is 17.2 Å². The van der Waals surface area contributed by atoms with Crippen LogP contribution in [0.25, 0.3) is 0 Å². The van der Waals surface area contributed by atoms with Gasteiger partial charge in [0.05, 0.1) is 19.2 Å². The number of benzene rings is 2. The number of halogens is 1. The minimum Gasteiger partial charge on any atom is -0.493 e. The van der Waals surface area contributed by atoms with Gasteiger partial charge in [0.15, 0.2) is 17.6 Å². The van der Waals surface area contributed by atoms with Crippen LogP contribution in [0.2, 0.25) is 5.02 Å². The lowest BCUT2D eigenvalue weighted by Crippen LogP contribution is -2.39. The molecule has 140 valence electrons. The number of carbonyl (C=O) groups is 1. The third-order valence-corrected chi connectivity index (χ3v) is 4.24. The van der Waals surface area contributed by atoms with Crippen LogP contribution in [0.15, 0.2) is 42.5 Å². The van der Waals surface area contributed by atoms with Gasteiger partial charge in [-0.3, -0.25) is 4.79 Å². The van der Waals surface area contributed by atoms with Crippen LogP contribution < -0.4 is 19.5 Å². The van der Waals surface area contributed by atoms with Crippen LogP contribution in [0, 0.1) is 0 Å². The van der Waals surface area contributed by atoms with Crippen LogP contribution in [0.1, 0.15) is 18.9 Å². The average Bonchev–Trinajstić information content (AvgIpc) is 2.67. The summed E-state index contributed by atoms with van der Waals surface area (Å²) in [6.45, 7) is 2.39. The summed E-state index contributed by atoms with van der Waals surface area (Å²) in [6, 6.07) is 12.8. The lowest BCUT2D eigenvalue weighted by molar-refractivity contribution is -0.128. The number of para-hydroxylation sites is 1. The summed E-state index contributed by atoms with van der Waals surface area (Å²) in [5, 5.41) is 3.40. The standard InChI is InChI=1S/C20H24ClNO4/c1-4-16(26-17-8-6-5-7-15(17)21)20(23)22-12-11-14-9-10-18(24-2)19(13-14)25-3/h5-10,13,16H,4,11-12H2,1-3H3,(H,22,23). The number of amides is 1. The van der Waals surface area contributed by atoms with E-state index in [0.717, 1.165) is 5.56 Å². The molecule has 2 aromatic carbocycles. The molecule has 0 bridgehead atoms. The minimum atomic E-state index is -0.583. The molecule has 1 N–H and O–H groups in total. The second-order valence-electron chi connectivity index (χ2n) is 5.68. The largest absolute Gasteiger partial charge is 0.493 e. The van der Waals surface area contributed by atoms with Crippen LogP contribution in [0.3, 0.4) is 0 Å². The van der Waals surface area contributed by atoms with E-state index in [-0.39, 0.29) is 5.91 Å². The summed E-state index contributed by atoms with van der Waals surface area (Å²) in [6.07, 6.45) is 0.641. The van der Waals surface area contributed by atoms with Crippen LogP contribution in [-0.2, 0) is 11.2 Å². The Morgan fingerprint density at radius 1 is 1.08 bits per heavy atom. The van der Waals surface area contributed by atoms with Crippen molar-refractivity contribution >= 4 is 17.5 Å². The highest BCUT2D eigenvalue weighted by atomic mass is 35.5. The molecule has 2 aromatic rings. The smallest absolute Gasteiger partial charge is 0.261 e. The number of methoxy groups -OCH3 is 2. The summed E-state index contributed by atoms with van der Waals surface area (Å²) in [4.78, 5) is 12.4. The molecule has 0 spiro atoms. The molecule has 0 aliphatic rings. The van der Waals surface area contributed by atoms with Gasteiger partial charge in [0.2, 0.25) is 0 Å². The van der Waals surface area contributed by atoms with Gasteiger partial charge in [-0.15, -0.1) is 0 Å². The molecule has 0 aliphatic carbocycles. The highest BCUT2D eigenvalue weighted by Crippen LogP contribution is 2.27. The first-order chi connectivity index (χ1) is 12.6. The molecule has 0 aliphatic heterocycles. The first-order valence-corrected chi connectivity index (χ1v) is 8.86. The van der Waals surface area contributed by atoms with Gasteiger partial charge in [-0.1, -0.05) is 36.7 Å². The van der Waals surface area contributed by atoms with Crippen LogP contribution >= 0.6 is 11.6 Å². The third-order valence-electron chi connectivity index (χ3n) is 3.93. The molecule has 0 aromatic heterocycles. The van der Waals surface area contributed by atoms with E-state index >= 15 is 0 Å². The molecular weight excluding hydrogens is 354 g/mol. The Bertz CT molecular complexity index is 736. The zero-order valence-corrected chi connectivity index (χ0v) is 16.0. The molecule has 0 saturated heterocycles. The van der Waals surface area contributed by atoms with Gasteiger partial charge in [0.1, 0.15) is 5.75 Å². The maximum Gasteiger partial charge on any atom is 0.261 e. The summed E-state index contributed by atoms with van der Waals surface area (Å²) in [5.74, 6) is 1.70. The van der Waals surface area contributed by atoms with Crippen molar-refractivity contribution in [1.29, 1.82) is 0 Å². The number of nitrogens with one attached hydrogen (secondary N) is 1. The maximum absolute atomic E-state index is 12.4. The quantitative estimate of drug-likeness (QED) is 0.720. The van der Waals surface area contributed by atoms with E-state index in [1.165, 1.54) is 0 Å². The second-order valence-corrected chi connectivity index (χ2v) is 6.08. The number of carbonyl (C=O) groups excluding carboxylic acids is 1. The molecule has 0 heterocycles. The van der Waals surface area contributed by atoms with Crippen molar-refractivity contribution in [3.05, 3.63) is 53.1 Å². The van der Waals surface area contributed by atoms with Gasteiger partial charge in [0, 0.05) is 6.54 Å². The minimum absolute atomic E-state index is 0.159. The molecule has 1 amide bonds. The SMILES string of the molecule is CCC(Oc1ccccc1Cl)C(=O)NCCc1ccc(OC)c(OC)c1. The predicted octanol–water partition coefficient (Wildman–Crippen LogP) is 3.87. The van der Waals surface area contributed by atoms with Crippen molar-refractivity contribution in [1.82, 2.24) is 5.32 Å². The summed E-state index contributed by atoms with van der Waals surface area (Å²) < 4.78 is 16.3. The number of ether oxygens (including phenoxy) is 3. The fraction of sp³-hybridized carbons (Fsp3) is 0.350. The van der Waals surface area contributed by atoms with Crippen molar-refractivity contribution in [2.45, 2.75) is 25.9 Å². The molecule has 5 nitrogen and oxygen atoms in total. The fourth-order valence-corrected chi connectivity index (χ4v) is 2.68. The van der Waals surface area contributed by atoms with E-state index in [9.17, 15) is 4.79 Å². The van der Waals surface area contributed by atoms with Crippen LogP contribution in [0.4, 0.5) is 0 Å². The second kappa shape index (κ2) is 9.92. The molecule has 26 heavy (non-hydrogen) atoms. The zero-order chi connectivity index (χ0) is 18.9. The molecule has 6 heteroatoms. The molecule has 0 fully saturated rings. The van der Waals surface area contributed by atoms with Crippen molar-refractivity contribution in [2.24, 2.45) is 0 Å². The van der Waals surface area contributed by atoms with Crippen LogP contribution in [0.5, 0.6) is 17.2 Å². The van der Waals surface area contributed by atoms with Gasteiger partial charge in [0.25, 0.3) is 5.91 Å². The lowest BCUT2D eigenvalue weighted by Gasteiger charge is -2.18. The first-order valence-electron chi connectivity index (χ1n) is 8.48. The zero-order valence-electron chi connectivity index (χ0n) is 15.3. The monoisotopic (exact) mass is 377 g/mol. The number of hydrogen-bond acceptors (Lipinski definition) is 4. The van der Waals surface area contributed by atoms with Crippen LogP contribution in [-0.4, -0.2) is 32.8 Å². The highest BCUT2D eigenvalue weighted by Gasteiger charge is 2.19. The Kier molecular flexibility index (Phi) is 7.60.